The Morgan fingerprint density at radius 1 is 1.30 bits per heavy atom. The number of fused-ring (bicyclic) bond motifs is 1. The summed E-state index contributed by atoms with van der Waals surface area (Å²) in [4.78, 5) is 4.49. The average Bonchev–Trinajstić information content (AvgIpc) is 2.89. The van der Waals surface area contributed by atoms with E-state index in [0.29, 0.717) is 11.5 Å². The van der Waals surface area contributed by atoms with Gasteiger partial charge in [0.05, 0.1) is 17.3 Å². The van der Waals surface area contributed by atoms with Gasteiger partial charge in [0.2, 0.25) is 0 Å². The second-order valence-electron chi connectivity index (χ2n) is 4.78. The van der Waals surface area contributed by atoms with Crippen LogP contribution in [0.4, 0.5) is 4.39 Å². The van der Waals surface area contributed by atoms with E-state index in [2.05, 4.69) is 10.1 Å². The first-order chi connectivity index (χ1) is 9.54. The number of hydrogen-bond donors (Lipinski definition) is 0. The fraction of sp³-hybridized carbons (Fsp3) is 0.286. The molecule has 0 spiro atoms. The largest absolute Gasteiger partial charge is 0.277 e. The normalized spacial score (nSPS) is 11.4. The van der Waals surface area contributed by atoms with E-state index in [9.17, 15) is 4.39 Å². The van der Waals surface area contributed by atoms with Crippen LogP contribution in [0.5, 0.6) is 0 Å². The number of alkyl halides is 1. The van der Waals surface area contributed by atoms with Gasteiger partial charge >= 0.3 is 0 Å². The summed E-state index contributed by atoms with van der Waals surface area (Å²) in [5.74, 6) is 0.530. The molecule has 0 aliphatic rings. The van der Waals surface area contributed by atoms with Crippen LogP contribution in [0.1, 0.15) is 17.1 Å². The van der Waals surface area contributed by atoms with Crippen LogP contribution in [0.2, 0.25) is 0 Å². The van der Waals surface area contributed by atoms with Crippen LogP contribution in [0, 0.1) is 19.7 Å². The van der Waals surface area contributed by atoms with Crippen molar-refractivity contribution in [2.75, 3.05) is 0 Å². The van der Waals surface area contributed by atoms with E-state index < -0.39 is 0 Å². The van der Waals surface area contributed by atoms with Crippen LogP contribution in [-0.4, -0.2) is 19.3 Å². The zero-order valence-corrected chi connectivity index (χ0v) is 12.2. The van der Waals surface area contributed by atoms with E-state index in [1.807, 2.05) is 27.0 Å². The average molecular weight is 293 g/mol. The van der Waals surface area contributed by atoms with Crippen molar-refractivity contribution in [2.45, 2.75) is 19.7 Å². The Morgan fingerprint density at radius 2 is 2.05 bits per heavy atom. The maximum absolute atomic E-state index is 14.3. The highest BCUT2D eigenvalue weighted by Crippen LogP contribution is 2.27. The van der Waals surface area contributed by atoms with E-state index in [-0.39, 0.29) is 11.7 Å². The van der Waals surface area contributed by atoms with Gasteiger partial charge in [-0.05, 0) is 25.5 Å². The molecule has 0 aliphatic heterocycles. The topological polar surface area (TPSA) is 35.6 Å². The first kappa shape index (κ1) is 13.1. The number of imidazole rings is 1. The summed E-state index contributed by atoms with van der Waals surface area (Å²) >= 11 is 5.98. The van der Waals surface area contributed by atoms with E-state index >= 15 is 0 Å². The minimum Gasteiger partial charge on any atom is -0.277 e. The number of rotatable bonds is 2. The van der Waals surface area contributed by atoms with Gasteiger partial charge in [-0.25, -0.2) is 14.1 Å². The molecule has 0 fully saturated rings. The fourth-order valence-electron chi connectivity index (χ4n) is 2.55. The van der Waals surface area contributed by atoms with Crippen LogP contribution in [-0.2, 0) is 12.9 Å². The summed E-state index contributed by atoms with van der Waals surface area (Å²) in [5.41, 5.74) is 3.63. The molecular weight excluding hydrogens is 279 g/mol. The predicted octanol–water partition coefficient (Wildman–Crippen LogP) is 3.25. The van der Waals surface area contributed by atoms with Gasteiger partial charge in [0.1, 0.15) is 17.2 Å². The van der Waals surface area contributed by atoms with Gasteiger partial charge < -0.3 is 0 Å². The molecule has 0 aliphatic carbocycles. The van der Waals surface area contributed by atoms with Gasteiger partial charge in [0, 0.05) is 7.05 Å². The summed E-state index contributed by atoms with van der Waals surface area (Å²) in [7, 11) is 1.82. The third-order valence-corrected chi connectivity index (χ3v) is 3.64. The van der Waals surface area contributed by atoms with Gasteiger partial charge in [0.25, 0.3) is 0 Å². The molecule has 6 heteroatoms. The molecule has 0 bridgehead atoms. The molecule has 4 nitrogen and oxygen atoms in total. The van der Waals surface area contributed by atoms with E-state index in [1.165, 1.54) is 6.07 Å². The van der Waals surface area contributed by atoms with E-state index in [4.69, 9.17) is 11.6 Å². The lowest BCUT2D eigenvalue weighted by atomic mass is 10.2. The molecule has 20 heavy (non-hydrogen) atoms. The number of benzene rings is 1. The molecule has 2 aromatic heterocycles. The van der Waals surface area contributed by atoms with E-state index in [0.717, 1.165) is 22.4 Å². The Balaban J connectivity index is 2.46. The first-order valence-corrected chi connectivity index (χ1v) is 6.80. The zero-order chi connectivity index (χ0) is 14.4. The fourth-order valence-corrected chi connectivity index (χ4v) is 2.73. The molecule has 0 saturated heterocycles. The minimum atomic E-state index is -0.297. The molecule has 104 valence electrons. The SMILES string of the molecule is Cc1cccc(F)c1-n1c(CCl)nc2c(C)nn(C)c21. The van der Waals surface area contributed by atoms with Crippen LogP contribution in [0.15, 0.2) is 18.2 Å². The maximum atomic E-state index is 14.3. The highest BCUT2D eigenvalue weighted by Gasteiger charge is 2.21. The van der Waals surface area contributed by atoms with Crippen molar-refractivity contribution in [1.29, 1.82) is 0 Å². The van der Waals surface area contributed by atoms with Crippen LogP contribution < -0.4 is 0 Å². The highest BCUT2D eigenvalue weighted by molar-refractivity contribution is 6.17. The number of para-hydroxylation sites is 1. The Hall–Kier alpha value is -1.88. The van der Waals surface area contributed by atoms with Gasteiger partial charge in [-0.3, -0.25) is 4.57 Å². The number of aryl methyl sites for hydroxylation is 3. The van der Waals surface area contributed by atoms with Crippen molar-refractivity contribution < 1.29 is 4.39 Å². The molecule has 2 heterocycles. The predicted molar refractivity (Wildman–Crippen MR) is 76.8 cm³/mol. The minimum absolute atomic E-state index is 0.210. The highest BCUT2D eigenvalue weighted by atomic mass is 35.5. The lowest BCUT2D eigenvalue weighted by Gasteiger charge is -2.12. The van der Waals surface area contributed by atoms with Crippen molar-refractivity contribution in [3.8, 4) is 5.69 Å². The Kier molecular flexibility index (Phi) is 3.01. The molecule has 0 atom stereocenters. The van der Waals surface area contributed by atoms with Crippen LogP contribution in [0.3, 0.4) is 0 Å². The number of halogens is 2. The molecule has 3 aromatic rings. The summed E-state index contributed by atoms with van der Waals surface area (Å²) in [6, 6.07) is 5.00. The molecule has 0 unspecified atom stereocenters. The molecule has 0 N–H and O–H groups in total. The molecule has 0 amide bonds. The smallest absolute Gasteiger partial charge is 0.163 e. The van der Waals surface area contributed by atoms with Crippen LogP contribution in [0.25, 0.3) is 16.9 Å². The summed E-state index contributed by atoms with van der Waals surface area (Å²) in [6.45, 7) is 3.75. The van der Waals surface area contributed by atoms with E-state index in [1.54, 1.807) is 15.3 Å². The van der Waals surface area contributed by atoms with Gasteiger partial charge in [-0.2, -0.15) is 5.10 Å². The zero-order valence-electron chi connectivity index (χ0n) is 11.5. The summed E-state index contributed by atoms with van der Waals surface area (Å²) < 4.78 is 17.7. The monoisotopic (exact) mass is 292 g/mol. The Bertz CT molecular complexity index is 783. The first-order valence-electron chi connectivity index (χ1n) is 6.27. The number of nitrogens with zero attached hydrogens (tertiary/aromatic N) is 4. The molecule has 0 radical (unpaired) electrons. The van der Waals surface area contributed by atoms with Gasteiger partial charge in [-0.15, -0.1) is 11.6 Å². The molecule has 1 aromatic carbocycles. The van der Waals surface area contributed by atoms with Crippen molar-refractivity contribution >= 4 is 22.8 Å². The third kappa shape index (κ3) is 1.73. The standard InChI is InChI=1S/C14H14ClFN4/c1-8-5-4-6-10(16)13(8)20-11(7-15)17-12-9(2)18-19(3)14(12)20/h4-6H,7H2,1-3H3. The second kappa shape index (κ2) is 4.59. The van der Waals surface area contributed by atoms with Crippen LogP contribution >= 0.6 is 11.6 Å². The van der Waals surface area contributed by atoms with Gasteiger partial charge in [-0.1, -0.05) is 12.1 Å². The van der Waals surface area contributed by atoms with Crippen molar-refractivity contribution in [2.24, 2.45) is 7.05 Å². The van der Waals surface area contributed by atoms with Crippen molar-refractivity contribution in [3.05, 3.63) is 41.1 Å². The lowest BCUT2D eigenvalue weighted by molar-refractivity contribution is 0.614. The Labute approximate surface area is 120 Å². The molecule has 0 saturated carbocycles. The summed E-state index contributed by atoms with van der Waals surface area (Å²) in [5, 5.41) is 4.34. The quantitative estimate of drug-likeness (QED) is 0.680. The Morgan fingerprint density at radius 3 is 2.70 bits per heavy atom. The lowest BCUT2D eigenvalue weighted by Crippen LogP contribution is -2.07. The maximum Gasteiger partial charge on any atom is 0.163 e. The molecular formula is C14H14ClFN4. The molecule has 3 rings (SSSR count). The number of aromatic nitrogens is 4. The summed E-state index contributed by atoms with van der Waals surface area (Å²) in [6.07, 6.45) is 0. The number of hydrogen-bond acceptors (Lipinski definition) is 2. The second-order valence-corrected chi connectivity index (χ2v) is 5.05. The van der Waals surface area contributed by atoms with Crippen molar-refractivity contribution in [1.82, 2.24) is 19.3 Å². The van der Waals surface area contributed by atoms with Crippen molar-refractivity contribution in [3.63, 3.8) is 0 Å². The van der Waals surface area contributed by atoms with Gasteiger partial charge in [0.15, 0.2) is 5.65 Å². The third-order valence-electron chi connectivity index (χ3n) is 3.40.